The molecule has 1 N–H and O–H groups in total. The van der Waals surface area contributed by atoms with Gasteiger partial charge in [-0.2, -0.15) is 0 Å². The Kier molecular flexibility index (Phi) is 6.82. The monoisotopic (exact) mass is 407 g/mol. The molecule has 0 spiro atoms. The quantitative estimate of drug-likeness (QED) is 0.475. The highest BCUT2D eigenvalue weighted by Crippen LogP contribution is 2.25. The van der Waals surface area contributed by atoms with Gasteiger partial charge in [-0.25, -0.2) is 9.97 Å². The van der Waals surface area contributed by atoms with Gasteiger partial charge in [0, 0.05) is 55.6 Å². The van der Waals surface area contributed by atoms with Gasteiger partial charge in [0.15, 0.2) is 5.16 Å². The first-order chi connectivity index (χ1) is 13.9. The molecule has 3 rings (SSSR count). The summed E-state index contributed by atoms with van der Waals surface area (Å²) in [5.41, 5.74) is 4.87. The predicted octanol–water partition coefficient (Wildman–Crippen LogP) is 3.78. The van der Waals surface area contributed by atoms with Crippen molar-refractivity contribution in [3.63, 3.8) is 0 Å². The zero-order chi connectivity index (χ0) is 20.8. The Balaban J connectivity index is 1.59. The molecule has 1 amide bonds. The van der Waals surface area contributed by atoms with Crippen LogP contribution in [0.1, 0.15) is 32.7 Å². The van der Waals surface area contributed by atoms with E-state index >= 15 is 0 Å². The Morgan fingerprint density at radius 2 is 1.69 bits per heavy atom. The maximum absolute atomic E-state index is 12.3. The van der Waals surface area contributed by atoms with Crippen LogP contribution in [0.25, 0.3) is 0 Å². The van der Waals surface area contributed by atoms with E-state index in [0.717, 1.165) is 39.1 Å². The summed E-state index contributed by atoms with van der Waals surface area (Å²) in [4.78, 5) is 27.5. The number of anilines is 1. The molecule has 1 aromatic carbocycles. The highest BCUT2D eigenvalue weighted by Gasteiger charge is 2.11. The molecule has 2 aromatic heterocycles. The third-order valence-electron chi connectivity index (χ3n) is 4.55. The van der Waals surface area contributed by atoms with Gasteiger partial charge in [0.25, 0.3) is 5.91 Å². The number of pyridine rings is 1. The van der Waals surface area contributed by atoms with Crippen LogP contribution < -0.4 is 10.2 Å². The summed E-state index contributed by atoms with van der Waals surface area (Å²) in [6, 6.07) is 11.4. The van der Waals surface area contributed by atoms with Gasteiger partial charge in [-0.1, -0.05) is 23.9 Å². The van der Waals surface area contributed by atoms with Crippen molar-refractivity contribution in [2.24, 2.45) is 0 Å². The lowest BCUT2D eigenvalue weighted by atomic mass is 10.1. The molecule has 0 fully saturated rings. The lowest BCUT2D eigenvalue weighted by molar-refractivity contribution is 0.0951. The first-order valence-electron chi connectivity index (χ1n) is 9.35. The third-order valence-corrected chi connectivity index (χ3v) is 5.47. The van der Waals surface area contributed by atoms with Gasteiger partial charge in [0.05, 0.1) is 0 Å². The molecule has 29 heavy (non-hydrogen) atoms. The Hall–Kier alpha value is -2.93. The van der Waals surface area contributed by atoms with Crippen molar-refractivity contribution < 1.29 is 4.79 Å². The number of carbonyl (C=O) groups is 1. The van der Waals surface area contributed by atoms with Crippen LogP contribution in [0.3, 0.4) is 0 Å². The maximum atomic E-state index is 12.3. The molecule has 0 atom stereocenters. The van der Waals surface area contributed by atoms with Crippen LogP contribution in [0, 0.1) is 13.8 Å². The first-order valence-corrected chi connectivity index (χ1v) is 10.3. The number of aromatic nitrogens is 3. The normalized spacial score (nSPS) is 10.6. The van der Waals surface area contributed by atoms with Gasteiger partial charge in [-0.05, 0) is 49.2 Å². The fourth-order valence-corrected chi connectivity index (χ4v) is 3.61. The Labute approximate surface area is 175 Å². The molecule has 0 saturated heterocycles. The van der Waals surface area contributed by atoms with Crippen LogP contribution in [-0.2, 0) is 12.3 Å². The minimum absolute atomic E-state index is 0.0888. The molecule has 0 saturated carbocycles. The summed E-state index contributed by atoms with van der Waals surface area (Å²) < 4.78 is 0. The van der Waals surface area contributed by atoms with E-state index in [1.165, 1.54) is 0 Å². The summed E-state index contributed by atoms with van der Waals surface area (Å²) in [5.74, 6) is 1.60. The van der Waals surface area contributed by atoms with Crippen molar-refractivity contribution in [3.8, 4) is 0 Å². The van der Waals surface area contributed by atoms with Crippen LogP contribution in [0.15, 0.2) is 53.9 Å². The largest absolute Gasteiger partial charge is 0.362 e. The van der Waals surface area contributed by atoms with E-state index in [1.807, 2.05) is 69.2 Å². The Bertz CT molecular complexity index is 974. The highest BCUT2D eigenvalue weighted by molar-refractivity contribution is 7.98. The molecule has 150 valence electrons. The summed E-state index contributed by atoms with van der Waals surface area (Å²) >= 11 is 1.59. The van der Waals surface area contributed by atoms with E-state index < -0.39 is 0 Å². The van der Waals surface area contributed by atoms with Gasteiger partial charge in [-0.3, -0.25) is 9.78 Å². The van der Waals surface area contributed by atoms with Crippen molar-refractivity contribution in [1.29, 1.82) is 0 Å². The number of thioether (sulfide) groups is 1. The number of carbonyl (C=O) groups excluding carboxylic acids is 1. The van der Waals surface area contributed by atoms with Gasteiger partial charge in [0.2, 0.25) is 0 Å². The zero-order valence-corrected chi connectivity index (χ0v) is 18.0. The molecule has 7 heteroatoms. The van der Waals surface area contributed by atoms with E-state index in [9.17, 15) is 4.79 Å². The van der Waals surface area contributed by atoms with Crippen molar-refractivity contribution in [2.75, 3.05) is 19.0 Å². The molecule has 0 unspecified atom stereocenters. The summed E-state index contributed by atoms with van der Waals surface area (Å²) in [6.07, 6.45) is 3.43. The fraction of sp³-hybridized carbons (Fsp3) is 0.273. The second-order valence-corrected chi connectivity index (χ2v) is 7.90. The van der Waals surface area contributed by atoms with Crippen LogP contribution in [0.4, 0.5) is 5.82 Å². The first kappa shape index (κ1) is 20.8. The molecule has 0 aliphatic heterocycles. The maximum Gasteiger partial charge on any atom is 0.251 e. The van der Waals surface area contributed by atoms with Gasteiger partial charge in [-0.15, -0.1) is 0 Å². The van der Waals surface area contributed by atoms with Crippen LogP contribution in [0.2, 0.25) is 0 Å². The van der Waals surface area contributed by atoms with E-state index in [2.05, 4.69) is 20.3 Å². The second kappa shape index (κ2) is 9.52. The SMILES string of the molecule is Cc1nc(SCc2ccc(C(=O)NCc3ccncc3)cc2)nc(N(C)C)c1C. The lowest BCUT2D eigenvalue weighted by Crippen LogP contribution is -2.22. The smallest absolute Gasteiger partial charge is 0.251 e. The van der Waals surface area contributed by atoms with Gasteiger partial charge >= 0.3 is 0 Å². The van der Waals surface area contributed by atoms with E-state index in [4.69, 9.17) is 0 Å². The summed E-state index contributed by atoms with van der Waals surface area (Å²) in [6.45, 7) is 4.53. The number of hydrogen-bond acceptors (Lipinski definition) is 6. The van der Waals surface area contributed by atoms with Crippen molar-refractivity contribution in [1.82, 2.24) is 20.3 Å². The van der Waals surface area contributed by atoms with Crippen LogP contribution in [-0.4, -0.2) is 35.0 Å². The number of rotatable bonds is 7. The number of nitrogens with zero attached hydrogens (tertiary/aromatic N) is 4. The second-order valence-electron chi connectivity index (χ2n) is 6.96. The molecule has 6 nitrogen and oxygen atoms in total. The average Bonchev–Trinajstić information content (AvgIpc) is 2.73. The average molecular weight is 408 g/mol. The number of nitrogens with one attached hydrogen (secondary N) is 1. The Morgan fingerprint density at radius 3 is 2.34 bits per heavy atom. The molecule has 3 aromatic rings. The molecule has 0 aliphatic rings. The summed E-state index contributed by atoms with van der Waals surface area (Å²) in [7, 11) is 3.98. The minimum Gasteiger partial charge on any atom is -0.362 e. The van der Waals surface area contributed by atoms with Crippen molar-refractivity contribution in [2.45, 2.75) is 31.3 Å². The Morgan fingerprint density at radius 1 is 1.00 bits per heavy atom. The molecular formula is C22H25N5OS. The van der Waals surface area contributed by atoms with Crippen LogP contribution >= 0.6 is 11.8 Å². The third kappa shape index (κ3) is 5.54. The lowest BCUT2D eigenvalue weighted by Gasteiger charge is -2.16. The zero-order valence-electron chi connectivity index (χ0n) is 17.1. The predicted molar refractivity (Wildman–Crippen MR) is 117 cm³/mol. The van der Waals surface area contributed by atoms with Crippen LogP contribution in [0.5, 0.6) is 0 Å². The molecular weight excluding hydrogens is 382 g/mol. The van der Waals surface area contributed by atoms with Gasteiger partial charge in [0.1, 0.15) is 5.82 Å². The standard InChI is InChI=1S/C22H25N5OS/c1-15-16(2)25-22(26-20(15)27(3)4)29-14-18-5-7-19(8-6-18)21(28)24-13-17-9-11-23-12-10-17/h5-12H,13-14H2,1-4H3,(H,24,28). The molecule has 2 heterocycles. The molecule has 0 aliphatic carbocycles. The van der Waals surface area contributed by atoms with Gasteiger partial charge < -0.3 is 10.2 Å². The van der Waals surface area contributed by atoms with E-state index in [-0.39, 0.29) is 5.91 Å². The van der Waals surface area contributed by atoms with E-state index in [0.29, 0.717) is 12.1 Å². The molecule has 0 radical (unpaired) electrons. The topological polar surface area (TPSA) is 71.0 Å². The fourth-order valence-electron chi connectivity index (χ4n) is 2.77. The molecule has 0 bridgehead atoms. The van der Waals surface area contributed by atoms with Crippen molar-refractivity contribution in [3.05, 3.63) is 76.7 Å². The minimum atomic E-state index is -0.0888. The number of benzene rings is 1. The number of aryl methyl sites for hydroxylation is 1. The van der Waals surface area contributed by atoms with E-state index in [1.54, 1.807) is 24.2 Å². The highest BCUT2D eigenvalue weighted by atomic mass is 32.2. The summed E-state index contributed by atoms with van der Waals surface area (Å²) in [5, 5.41) is 3.68. The van der Waals surface area contributed by atoms with Crippen molar-refractivity contribution >= 4 is 23.5 Å². The number of hydrogen-bond donors (Lipinski definition) is 1. The number of amides is 1.